The standard InChI is InChI=1S/C22H16ClF3N4O/c1-13-8-9-30-12-19(29-20(30)10-13)14-2-4-15(5-3-14)27-21(31)28-16-6-7-18(23)17(11-16)22(24,25)26/h2-12H,1H3,(H2,27,28,31). The number of carbonyl (C=O) groups excluding carboxylic acids is 1. The minimum Gasteiger partial charge on any atom is -0.308 e. The molecule has 0 saturated carbocycles. The van der Waals surface area contributed by atoms with E-state index in [0.717, 1.165) is 34.6 Å². The minimum absolute atomic E-state index is 0.0224. The number of amides is 2. The van der Waals surface area contributed by atoms with Crippen molar-refractivity contribution >= 4 is 34.7 Å². The lowest BCUT2D eigenvalue weighted by Crippen LogP contribution is -2.19. The largest absolute Gasteiger partial charge is 0.417 e. The van der Waals surface area contributed by atoms with Gasteiger partial charge in [0, 0.05) is 29.3 Å². The lowest BCUT2D eigenvalue weighted by atomic mass is 10.1. The van der Waals surface area contributed by atoms with Gasteiger partial charge in [0.25, 0.3) is 0 Å². The highest BCUT2D eigenvalue weighted by Crippen LogP contribution is 2.36. The fraction of sp³-hybridized carbons (Fsp3) is 0.0909. The van der Waals surface area contributed by atoms with E-state index in [1.807, 2.05) is 35.9 Å². The van der Waals surface area contributed by atoms with E-state index in [4.69, 9.17) is 11.6 Å². The van der Waals surface area contributed by atoms with Crippen LogP contribution in [-0.2, 0) is 6.18 Å². The molecule has 0 radical (unpaired) electrons. The quantitative estimate of drug-likeness (QED) is 0.373. The summed E-state index contributed by atoms with van der Waals surface area (Å²) >= 11 is 5.59. The first-order valence-electron chi connectivity index (χ1n) is 9.19. The molecule has 2 N–H and O–H groups in total. The molecule has 158 valence electrons. The predicted molar refractivity (Wildman–Crippen MR) is 114 cm³/mol. The van der Waals surface area contributed by atoms with Crippen molar-refractivity contribution in [3.63, 3.8) is 0 Å². The van der Waals surface area contributed by atoms with Crippen molar-refractivity contribution in [2.75, 3.05) is 10.6 Å². The Kier molecular flexibility index (Phi) is 5.32. The summed E-state index contributed by atoms with van der Waals surface area (Å²) < 4.78 is 40.8. The summed E-state index contributed by atoms with van der Waals surface area (Å²) in [4.78, 5) is 16.8. The van der Waals surface area contributed by atoms with E-state index in [2.05, 4.69) is 15.6 Å². The van der Waals surface area contributed by atoms with Crippen LogP contribution in [0.15, 0.2) is 67.0 Å². The number of urea groups is 1. The van der Waals surface area contributed by atoms with Gasteiger partial charge in [0.15, 0.2) is 0 Å². The average Bonchev–Trinajstić information content (AvgIpc) is 3.12. The van der Waals surface area contributed by atoms with Crippen molar-refractivity contribution in [3.8, 4) is 11.3 Å². The maximum Gasteiger partial charge on any atom is 0.417 e. The zero-order chi connectivity index (χ0) is 22.2. The van der Waals surface area contributed by atoms with E-state index >= 15 is 0 Å². The summed E-state index contributed by atoms with van der Waals surface area (Å²) in [6.45, 7) is 1.99. The van der Waals surface area contributed by atoms with Gasteiger partial charge in [-0.15, -0.1) is 0 Å². The van der Waals surface area contributed by atoms with Crippen LogP contribution in [0.2, 0.25) is 5.02 Å². The van der Waals surface area contributed by atoms with Gasteiger partial charge in [-0.25, -0.2) is 9.78 Å². The molecule has 2 aromatic carbocycles. The fourth-order valence-electron chi connectivity index (χ4n) is 3.06. The number of hydrogen-bond donors (Lipinski definition) is 2. The molecule has 5 nitrogen and oxygen atoms in total. The molecule has 0 unspecified atom stereocenters. The minimum atomic E-state index is -4.61. The van der Waals surface area contributed by atoms with E-state index in [-0.39, 0.29) is 5.69 Å². The van der Waals surface area contributed by atoms with Crippen LogP contribution in [0.3, 0.4) is 0 Å². The topological polar surface area (TPSA) is 58.4 Å². The van der Waals surface area contributed by atoms with Crippen molar-refractivity contribution in [1.29, 1.82) is 0 Å². The van der Waals surface area contributed by atoms with Crippen LogP contribution >= 0.6 is 11.6 Å². The smallest absolute Gasteiger partial charge is 0.308 e. The molecule has 0 aliphatic heterocycles. The van der Waals surface area contributed by atoms with Gasteiger partial charge < -0.3 is 15.0 Å². The molecule has 4 aromatic rings. The number of aromatic nitrogens is 2. The summed E-state index contributed by atoms with van der Waals surface area (Å²) in [7, 11) is 0. The first-order valence-corrected chi connectivity index (χ1v) is 9.57. The van der Waals surface area contributed by atoms with Gasteiger partial charge in [-0.05, 0) is 55.0 Å². The van der Waals surface area contributed by atoms with E-state index in [0.29, 0.717) is 5.69 Å². The summed E-state index contributed by atoms with van der Waals surface area (Å²) in [5.41, 5.74) is 3.02. The van der Waals surface area contributed by atoms with Gasteiger partial charge in [-0.3, -0.25) is 0 Å². The lowest BCUT2D eigenvalue weighted by Gasteiger charge is -2.12. The summed E-state index contributed by atoms with van der Waals surface area (Å²) in [5, 5.41) is 4.53. The third-order valence-electron chi connectivity index (χ3n) is 4.58. The van der Waals surface area contributed by atoms with Crippen molar-refractivity contribution in [2.45, 2.75) is 13.1 Å². The third-order valence-corrected chi connectivity index (χ3v) is 4.91. The number of fused-ring (bicyclic) bond motifs is 1. The Hall–Kier alpha value is -3.52. The molecule has 31 heavy (non-hydrogen) atoms. The fourth-order valence-corrected chi connectivity index (χ4v) is 3.29. The molecular weight excluding hydrogens is 429 g/mol. The SMILES string of the molecule is Cc1ccn2cc(-c3ccc(NC(=O)Nc4ccc(Cl)c(C(F)(F)F)c4)cc3)nc2c1. The molecule has 0 atom stereocenters. The first-order chi connectivity index (χ1) is 14.7. The predicted octanol–water partition coefficient (Wildman–Crippen LogP) is 6.63. The lowest BCUT2D eigenvalue weighted by molar-refractivity contribution is -0.137. The van der Waals surface area contributed by atoms with Crippen molar-refractivity contribution in [1.82, 2.24) is 9.38 Å². The van der Waals surface area contributed by atoms with Crippen LogP contribution in [0.4, 0.5) is 29.3 Å². The Labute approximate surface area is 180 Å². The number of hydrogen-bond acceptors (Lipinski definition) is 2. The molecule has 0 spiro atoms. The molecule has 9 heteroatoms. The van der Waals surface area contributed by atoms with Gasteiger partial charge in [-0.1, -0.05) is 23.7 Å². The van der Waals surface area contributed by atoms with Crippen LogP contribution in [0.5, 0.6) is 0 Å². The Balaban J connectivity index is 1.46. The molecule has 2 heterocycles. The number of nitrogens with zero attached hydrogens (tertiary/aromatic N) is 2. The number of imidazole rings is 1. The highest BCUT2D eigenvalue weighted by molar-refractivity contribution is 6.31. The van der Waals surface area contributed by atoms with Crippen molar-refractivity contribution < 1.29 is 18.0 Å². The normalized spacial score (nSPS) is 11.5. The second-order valence-corrected chi connectivity index (χ2v) is 7.35. The first kappa shape index (κ1) is 20.7. The zero-order valence-corrected chi connectivity index (χ0v) is 16.9. The number of aryl methyl sites for hydroxylation is 1. The summed E-state index contributed by atoms with van der Waals surface area (Å²) in [5.74, 6) is 0. The number of rotatable bonds is 3. The number of alkyl halides is 3. The molecule has 2 amide bonds. The van der Waals surface area contributed by atoms with E-state index in [1.165, 1.54) is 6.07 Å². The molecule has 0 fully saturated rings. The molecule has 0 bridgehead atoms. The van der Waals surface area contributed by atoms with Crippen LogP contribution in [0.1, 0.15) is 11.1 Å². The number of carbonyl (C=O) groups is 1. The highest BCUT2D eigenvalue weighted by Gasteiger charge is 2.33. The van der Waals surface area contributed by atoms with Crippen molar-refractivity contribution in [3.05, 3.63) is 83.1 Å². The monoisotopic (exact) mass is 444 g/mol. The maximum absolute atomic E-state index is 13.0. The third kappa shape index (κ3) is 4.64. The van der Waals surface area contributed by atoms with Gasteiger partial charge in [0.1, 0.15) is 5.65 Å². The second kappa shape index (κ2) is 7.96. The Bertz CT molecular complexity index is 1270. The van der Waals surface area contributed by atoms with Gasteiger partial charge in [0.05, 0.1) is 16.3 Å². The van der Waals surface area contributed by atoms with E-state index < -0.39 is 22.8 Å². The number of nitrogens with one attached hydrogen (secondary N) is 2. The van der Waals surface area contributed by atoms with Gasteiger partial charge in [0.2, 0.25) is 0 Å². The Morgan fingerprint density at radius 1 is 1.00 bits per heavy atom. The molecule has 2 aromatic heterocycles. The van der Waals surface area contributed by atoms with Crippen LogP contribution in [0, 0.1) is 6.92 Å². The van der Waals surface area contributed by atoms with Gasteiger partial charge in [-0.2, -0.15) is 13.2 Å². The van der Waals surface area contributed by atoms with Gasteiger partial charge >= 0.3 is 12.2 Å². The average molecular weight is 445 g/mol. The molecule has 0 saturated heterocycles. The maximum atomic E-state index is 13.0. The highest BCUT2D eigenvalue weighted by atomic mass is 35.5. The van der Waals surface area contributed by atoms with Crippen LogP contribution in [-0.4, -0.2) is 15.4 Å². The molecule has 0 aliphatic rings. The number of anilines is 2. The molecular formula is C22H16ClF3N4O. The number of pyridine rings is 1. The van der Waals surface area contributed by atoms with Crippen molar-refractivity contribution in [2.24, 2.45) is 0 Å². The number of benzene rings is 2. The van der Waals surface area contributed by atoms with E-state index in [9.17, 15) is 18.0 Å². The second-order valence-electron chi connectivity index (χ2n) is 6.94. The summed E-state index contributed by atoms with van der Waals surface area (Å²) in [6, 6.07) is 13.4. The Morgan fingerprint density at radius 2 is 1.68 bits per heavy atom. The van der Waals surface area contributed by atoms with Crippen LogP contribution in [0.25, 0.3) is 16.9 Å². The summed E-state index contributed by atoms with van der Waals surface area (Å²) in [6.07, 6.45) is -0.775. The number of halogens is 4. The Morgan fingerprint density at radius 3 is 2.39 bits per heavy atom. The van der Waals surface area contributed by atoms with Crippen LogP contribution < -0.4 is 10.6 Å². The molecule has 4 rings (SSSR count). The zero-order valence-electron chi connectivity index (χ0n) is 16.2. The van der Waals surface area contributed by atoms with E-state index in [1.54, 1.807) is 24.3 Å². The molecule has 0 aliphatic carbocycles.